The summed E-state index contributed by atoms with van der Waals surface area (Å²) in [6, 6.07) is 5.01. The molecule has 142 valence electrons. The van der Waals surface area contributed by atoms with Crippen LogP contribution < -0.4 is 10.2 Å². The van der Waals surface area contributed by atoms with Crippen molar-refractivity contribution in [3.05, 3.63) is 34.7 Å². The van der Waals surface area contributed by atoms with Crippen molar-refractivity contribution in [3.63, 3.8) is 0 Å². The maximum atomic E-state index is 12.8. The van der Waals surface area contributed by atoms with Crippen molar-refractivity contribution in [2.45, 2.75) is 32.1 Å². The molecule has 2 unspecified atom stereocenters. The van der Waals surface area contributed by atoms with Crippen molar-refractivity contribution in [1.82, 2.24) is 10.3 Å². The van der Waals surface area contributed by atoms with Crippen LogP contribution in [0.4, 0.5) is 18.9 Å². The van der Waals surface area contributed by atoms with Gasteiger partial charge < -0.3 is 10.2 Å². The van der Waals surface area contributed by atoms with Gasteiger partial charge >= 0.3 is 6.18 Å². The number of halogens is 3. The molecule has 9 heteroatoms. The molecule has 2 heterocycles. The number of hydrogen-bond acceptors (Lipinski definition) is 3. The summed E-state index contributed by atoms with van der Waals surface area (Å²) in [5.41, 5.74) is -0.0476. The fraction of sp³-hybridized carbons (Fsp3) is 0.588. The molecule has 6 nitrogen and oxygen atoms in total. The first-order valence-electron chi connectivity index (χ1n) is 8.71. The van der Waals surface area contributed by atoms with Crippen LogP contribution in [-0.2, 0) is 11.0 Å². The molecule has 1 aromatic rings. The number of amides is 1. The number of carbonyl (C=O) groups excluding carboxylic acids is 1. The number of nitroso groups, excluding NO2 is 1. The summed E-state index contributed by atoms with van der Waals surface area (Å²) in [5, 5.41) is 4.53. The number of benzene rings is 1. The van der Waals surface area contributed by atoms with E-state index in [2.05, 4.69) is 5.32 Å². The zero-order valence-electron chi connectivity index (χ0n) is 14.5. The van der Waals surface area contributed by atoms with E-state index in [-0.39, 0.29) is 18.0 Å². The highest BCUT2D eigenvalue weighted by atomic mass is 19.4. The van der Waals surface area contributed by atoms with E-state index >= 15 is 0 Å². The SMILES string of the molecule is CCC(=O)NCC1CN(c2ccc(C(F)(F)F)cc2)C2CC[N+](=O)N2C1. The molecule has 0 radical (unpaired) electrons. The Morgan fingerprint density at radius 2 is 1.96 bits per heavy atom. The van der Waals surface area contributed by atoms with Gasteiger partial charge in [-0.15, -0.1) is 5.01 Å². The Kier molecular flexibility index (Phi) is 5.06. The van der Waals surface area contributed by atoms with E-state index in [4.69, 9.17) is 0 Å². The highest BCUT2D eigenvalue weighted by molar-refractivity contribution is 5.75. The average molecular weight is 371 g/mol. The lowest BCUT2D eigenvalue weighted by Gasteiger charge is -2.40. The van der Waals surface area contributed by atoms with E-state index in [0.717, 1.165) is 17.0 Å². The van der Waals surface area contributed by atoms with Crippen LogP contribution in [0.1, 0.15) is 25.3 Å². The molecule has 0 aromatic heterocycles. The van der Waals surface area contributed by atoms with Gasteiger partial charge in [0.25, 0.3) is 0 Å². The smallest absolute Gasteiger partial charge is 0.356 e. The lowest BCUT2D eigenvalue weighted by Crippen LogP contribution is -2.57. The van der Waals surface area contributed by atoms with Crippen LogP contribution in [0.3, 0.4) is 0 Å². The first kappa shape index (κ1) is 18.5. The highest BCUT2D eigenvalue weighted by Gasteiger charge is 2.47. The van der Waals surface area contributed by atoms with Crippen LogP contribution in [0.5, 0.6) is 0 Å². The summed E-state index contributed by atoms with van der Waals surface area (Å²) >= 11 is 0. The molecule has 0 aliphatic carbocycles. The second-order valence-electron chi connectivity index (χ2n) is 6.69. The van der Waals surface area contributed by atoms with E-state index < -0.39 is 11.7 Å². The van der Waals surface area contributed by atoms with Gasteiger partial charge in [0.05, 0.1) is 23.4 Å². The van der Waals surface area contributed by atoms with E-state index in [1.54, 1.807) is 11.9 Å². The number of hydrazine groups is 1. The third-order valence-electron chi connectivity index (χ3n) is 4.90. The Morgan fingerprint density at radius 1 is 1.27 bits per heavy atom. The predicted octanol–water partition coefficient (Wildman–Crippen LogP) is 2.39. The summed E-state index contributed by atoms with van der Waals surface area (Å²) in [6.45, 7) is 3.65. The van der Waals surface area contributed by atoms with Gasteiger partial charge in [-0.1, -0.05) is 6.92 Å². The molecule has 2 fully saturated rings. The Labute approximate surface area is 149 Å². The number of fused-ring (bicyclic) bond motifs is 1. The van der Waals surface area contributed by atoms with Gasteiger partial charge in [-0.05, 0) is 24.3 Å². The van der Waals surface area contributed by atoms with Crippen molar-refractivity contribution >= 4 is 11.6 Å². The zero-order valence-corrected chi connectivity index (χ0v) is 14.5. The van der Waals surface area contributed by atoms with Crippen molar-refractivity contribution in [1.29, 1.82) is 0 Å². The molecular formula is C17H22F3N4O2+. The number of alkyl halides is 3. The standard InChI is InChI=1S/C17H21F3N4O2/c1-2-15(25)21-9-12-10-22(16-7-8-24(26)23(16)11-12)14-5-3-13(4-6-14)17(18,19)20/h3-6,12,16H,2,7-11H2,1H3/p+1. The van der Waals surface area contributed by atoms with Gasteiger partial charge in [-0.3, -0.25) is 4.79 Å². The molecule has 1 N–H and O–H groups in total. The Morgan fingerprint density at radius 3 is 2.58 bits per heavy atom. The first-order valence-corrected chi connectivity index (χ1v) is 8.71. The fourth-order valence-electron chi connectivity index (χ4n) is 3.54. The largest absolute Gasteiger partial charge is 0.416 e. The monoisotopic (exact) mass is 371 g/mol. The lowest BCUT2D eigenvalue weighted by molar-refractivity contribution is -0.692. The summed E-state index contributed by atoms with van der Waals surface area (Å²) in [4.78, 5) is 26.5. The summed E-state index contributed by atoms with van der Waals surface area (Å²) < 4.78 is 38.4. The van der Waals surface area contributed by atoms with Gasteiger partial charge in [0.1, 0.15) is 4.87 Å². The molecule has 2 aliphatic rings. The normalized spacial score (nSPS) is 23.2. The summed E-state index contributed by atoms with van der Waals surface area (Å²) in [5.74, 6) is -0.0489. The van der Waals surface area contributed by atoms with Crippen LogP contribution in [-0.4, -0.2) is 48.1 Å². The van der Waals surface area contributed by atoms with Crippen molar-refractivity contribution in [3.8, 4) is 0 Å². The average Bonchev–Trinajstić information content (AvgIpc) is 2.99. The molecule has 3 rings (SSSR count). The predicted molar refractivity (Wildman–Crippen MR) is 89.2 cm³/mol. The van der Waals surface area contributed by atoms with Crippen molar-refractivity contribution in [2.75, 3.05) is 31.1 Å². The molecular weight excluding hydrogens is 349 g/mol. The first-order chi connectivity index (χ1) is 12.3. The molecule has 0 spiro atoms. The fourth-order valence-corrected chi connectivity index (χ4v) is 3.54. The van der Waals surface area contributed by atoms with Crippen molar-refractivity contribution in [2.24, 2.45) is 5.92 Å². The number of anilines is 1. The third-order valence-corrected chi connectivity index (χ3v) is 4.90. The summed E-state index contributed by atoms with van der Waals surface area (Å²) in [7, 11) is 0. The second kappa shape index (κ2) is 7.13. The molecule has 1 aromatic carbocycles. The quantitative estimate of drug-likeness (QED) is 0.826. The molecule has 1 amide bonds. The van der Waals surface area contributed by atoms with Crippen LogP contribution in [0.2, 0.25) is 0 Å². The maximum absolute atomic E-state index is 12.8. The lowest BCUT2D eigenvalue weighted by atomic mass is 10.0. The Balaban J connectivity index is 1.79. The molecule has 2 atom stereocenters. The molecule has 26 heavy (non-hydrogen) atoms. The van der Waals surface area contributed by atoms with Gasteiger partial charge in [0.15, 0.2) is 6.17 Å². The zero-order chi connectivity index (χ0) is 18.9. The number of rotatable bonds is 4. The topological polar surface area (TPSA) is 55.7 Å². The van der Waals surface area contributed by atoms with Crippen LogP contribution in [0, 0.1) is 10.8 Å². The number of nitrogens with one attached hydrogen (secondary N) is 1. The minimum atomic E-state index is -4.38. The minimum absolute atomic E-state index is 0.0126. The Bertz CT molecular complexity index is 678. The maximum Gasteiger partial charge on any atom is 0.416 e. The number of carbonyl (C=O) groups is 1. The summed E-state index contributed by atoms with van der Waals surface area (Å²) in [6.07, 6.45) is -3.53. The minimum Gasteiger partial charge on any atom is -0.356 e. The number of hydrogen-bond donors (Lipinski definition) is 1. The van der Waals surface area contributed by atoms with Gasteiger partial charge in [-0.25, -0.2) is 0 Å². The third kappa shape index (κ3) is 3.76. The van der Waals surface area contributed by atoms with E-state index in [0.29, 0.717) is 44.7 Å². The van der Waals surface area contributed by atoms with Crippen molar-refractivity contribution < 1.29 is 22.8 Å². The molecule has 0 bridgehead atoms. The van der Waals surface area contributed by atoms with E-state index in [9.17, 15) is 22.9 Å². The second-order valence-corrected chi connectivity index (χ2v) is 6.69. The molecule has 0 saturated carbocycles. The Hall–Kier alpha value is -2.32. The molecule has 2 aliphatic heterocycles. The van der Waals surface area contributed by atoms with E-state index in [1.165, 1.54) is 12.1 Å². The van der Waals surface area contributed by atoms with Crippen LogP contribution in [0.15, 0.2) is 24.3 Å². The molecule has 2 saturated heterocycles. The van der Waals surface area contributed by atoms with Gasteiger partial charge in [0, 0.05) is 31.1 Å². The van der Waals surface area contributed by atoms with Crippen LogP contribution in [0.25, 0.3) is 0 Å². The van der Waals surface area contributed by atoms with E-state index in [1.807, 2.05) is 4.90 Å². The van der Waals surface area contributed by atoms with Crippen LogP contribution >= 0.6 is 0 Å². The number of nitrogens with zero attached hydrogens (tertiary/aromatic N) is 3. The van der Waals surface area contributed by atoms with Gasteiger partial charge in [-0.2, -0.15) is 13.2 Å². The highest BCUT2D eigenvalue weighted by Crippen LogP contribution is 2.34. The van der Waals surface area contributed by atoms with Gasteiger partial charge in [0.2, 0.25) is 12.5 Å².